The lowest BCUT2D eigenvalue weighted by molar-refractivity contribution is -0.140. The van der Waals surface area contributed by atoms with Gasteiger partial charge in [0.05, 0.1) is 0 Å². The molecule has 1 aliphatic heterocycles. The molecule has 17 heavy (non-hydrogen) atoms. The van der Waals surface area contributed by atoms with E-state index in [9.17, 15) is 14.4 Å². The minimum Gasteiger partial charge on any atom is -0.481 e. The number of hydrogen-bond donors (Lipinski definition) is 3. The summed E-state index contributed by atoms with van der Waals surface area (Å²) >= 11 is 0. The van der Waals surface area contributed by atoms with Crippen LogP contribution in [0.1, 0.15) is 33.1 Å². The van der Waals surface area contributed by atoms with E-state index < -0.39 is 18.1 Å². The van der Waals surface area contributed by atoms with Crippen molar-refractivity contribution < 1.29 is 19.5 Å². The maximum absolute atomic E-state index is 11.7. The normalized spacial score (nSPS) is 24.4. The van der Waals surface area contributed by atoms with Gasteiger partial charge in [0.1, 0.15) is 12.1 Å². The second-order valence-electron chi connectivity index (χ2n) is 4.68. The molecule has 2 unspecified atom stereocenters. The number of hydrogen-bond acceptors (Lipinski definition) is 3. The van der Waals surface area contributed by atoms with E-state index >= 15 is 0 Å². The molecule has 3 N–H and O–H groups in total. The van der Waals surface area contributed by atoms with Crippen LogP contribution in [0.5, 0.6) is 0 Å². The minimum absolute atomic E-state index is 0.126. The van der Waals surface area contributed by atoms with E-state index in [2.05, 4.69) is 10.6 Å². The molecule has 2 amide bonds. The van der Waals surface area contributed by atoms with Crippen LogP contribution in [-0.4, -0.2) is 35.0 Å². The molecule has 1 aliphatic rings. The lowest BCUT2D eigenvalue weighted by Crippen LogP contribution is -2.61. The molecular weight excluding hydrogens is 224 g/mol. The molecule has 0 aromatic heterocycles. The highest BCUT2D eigenvalue weighted by atomic mass is 16.4. The third-order valence-corrected chi connectivity index (χ3v) is 2.62. The maximum atomic E-state index is 11.7. The second kappa shape index (κ2) is 5.65. The predicted molar refractivity (Wildman–Crippen MR) is 60.2 cm³/mol. The predicted octanol–water partition coefficient (Wildman–Crippen LogP) is -0.119. The Kier molecular flexibility index (Phi) is 4.48. The van der Waals surface area contributed by atoms with Gasteiger partial charge in [0.2, 0.25) is 11.8 Å². The van der Waals surface area contributed by atoms with Crippen molar-refractivity contribution in [1.29, 1.82) is 0 Å². The third kappa shape index (κ3) is 4.05. The first-order valence-corrected chi connectivity index (χ1v) is 5.72. The van der Waals surface area contributed by atoms with Gasteiger partial charge in [0.25, 0.3) is 0 Å². The van der Waals surface area contributed by atoms with Crippen LogP contribution in [-0.2, 0) is 14.4 Å². The smallest absolute Gasteiger partial charge is 0.303 e. The zero-order chi connectivity index (χ0) is 13.0. The molecule has 6 heteroatoms. The molecule has 1 heterocycles. The van der Waals surface area contributed by atoms with Gasteiger partial charge in [-0.05, 0) is 18.8 Å². The molecule has 0 spiro atoms. The van der Waals surface area contributed by atoms with E-state index in [4.69, 9.17) is 5.11 Å². The van der Waals surface area contributed by atoms with Crippen molar-refractivity contribution in [2.75, 3.05) is 0 Å². The van der Waals surface area contributed by atoms with Crippen molar-refractivity contribution in [3.05, 3.63) is 0 Å². The average Bonchev–Trinajstić information content (AvgIpc) is 2.20. The van der Waals surface area contributed by atoms with Gasteiger partial charge in [-0.2, -0.15) is 0 Å². The van der Waals surface area contributed by atoms with Gasteiger partial charge in [-0.1, -0.05) is 13.8 Å². The van der Waals surface area contributed by atoms with Crippen LogP contribution in [0.3, 0.4) is 0 Å². The molecule has 2 atom stereocenters. The molecule has 1 saturated heterocycles. The number of aliphatic carboxylic acids is 1. The number of nitrogens with one attached hydrogen (secondary N) is 2. The lowest BCUT2D eigenvalue weighted by atomic mass is 9.99. The third-order valence-electron chi connectivity index (χ3n) is 2.62. The molecule has 0 aromatic carbocycles. The largest absolute Gasteiger partial charge is 0.481 e. The fourth-order valence-corrected chi connectivity index (χ4v) is 1.78. The monoisotopic (exact) mass is 242 g/mol. The summed E-state index contributed by atoms with van der Waals surface area (Å²) in [6.07, 6.45) is 0.581. The zero-order valence-electron chi connectivity index (χ0n) is 10.0. The summed E-state index contributed by atoms with van der Waals surface area (Å²) in [5.74, 6) is -1.19. The Labute approximate surface area is 99.8 Å². The van der Waals surface area contributed by atoms with Crippen molar-refractivity contribution in [2.24, 2.45) is 5.92 Å². The highest BCUT2D eigenvalue weighted by molar-refractivity contribution is 5.97. The standard InChI is InChI=1S/C11H18N2O4/c1-6(2)5-8-11(17)12-7(10(16)13-8)3-4-9(14)15/h6-8H,3-5H2,1-2H3,(H,12,17)(H,13,16)(H,14,15). The van der Waals surface area contributed by atoms with Crippen LogP contribution < -0.4 is 10.6 Å². The summed E-state index contributed by atoms with van der Waals surface area (Å²) in [4.78, 5) is 33.7. The Morgan fingerprint density at radius 2 is 1.76 bits per heavy atom. The Hall–Kier alpha value is -1.59. The van der Waals surface area contributed by atoms with Gasteiger partial charge in [-0.25, -0.2) is 0 Å². The highest BCUT2D eigenvalue weighted by Gasteiger charge is 2.33. The Bertz CT molecular complexity index is 327. The van der Waals surface area contributed by atoms with Gasteiger partial charge in [0.15, 0.2) is 0 Å². The summed E-state index contributed by atoms with van der Waals surface area (Å²) in [5.41, 5.74) is 0. The van der Waals surface area contributed by atoms with E-state index in [-0.39, 0.29) is 24.7 Å². The summed E-state index contributed by atoms with van der Waals surface area (Å²) in [6.45, 7) is 3.94. The van der Waals surface area contributed by atoms with Gasteiger partial charge in [-0.15, -0.1) is 0 Å². The molecular formula is C11H18N2O4. The van der Waals surface area contributed by atoms with Crippen molar-refractivity contribution in [2.45, 2.75) is 45.2 Å². The van der Waals surface area contributed by atoms with Gasteiger partial charge >= 0.3 is 5.97 Å². The first-order chi connectivity index (χ1) is 7.90. The molecule has 1 rings (SSSR count). The van der Waals surface area contributed by atoms with Crippen molar-refractivity contribution in [3.8, 4) is 0 Å². The molecule has 1 fully saturated rings. The van der Waals surface area contributed by atoms with Gasteiger partial charge in [-0.3, -0.25) is 14.4 Å². The fourth-order valence-electron chi connectivity index (χ4n) is 1.78. The summed E-state index contributed by atoms with van der Waals surface area (Å²) < 4.78 is 0. The fraction of sp³-hybridized carbons (Fsp3) is 0.727. The zero-order valence-corrected chi connectivity index (χ0v) is 10.0. The van der Waals surface area contributed by atoms with Crippen molar-refractivity contribution >= 4 is 17.8 Å². The Balaban J connectivity index is 2.52. The van der Waals surface area contributed by atoms with Crippen LogP contribution in [0.25, 0.3) is 0 Å². The quantitative estimate of drug-likeness (QED) is 0.626. The lowest BCUT2D eigenvalue weighted by Gasteiger charge is -2.30. The maximum Gasteiger partial charge on any atom is 0.303 e. The number of carbonyl (C=O) groups is 3. The average molecular weight is 242 g/mol. The number of piperazine rings is 1. The number of carboxylic acid groups (broad SMARTS) is 1. The van der Waals surface area contributed by atoms with Gasteiger partial charge < -0.3 is 15.7 Å². The minimum atomic E-state index is -0.976. The molecule has 0 bridgehead atoms. The Morgan fingerprint density at radius 3 is 2.29 bits per heavy atom. The first-order valence-electron chi connectivity index (χ1n) is 5.72. The topological polar surface area (TPSA) is 95.5 Å². The van der Waals surface area contributed by atoms with Crippen LogP contribution in [0.4, 0.5) is 0 Å². The van der Waals surface area contributed by atoms with Crippen LogP contribution >= 0.6 is 0 Å². The molecule has 0 aliphatic carbocycles. The van der Waals surface area contributed by atoms with E-state index in [1.54, 1.807) is 0 Å². The van der Waals surface area contributed by atoms with Crippen LogP contribution in [0.15, 0.2) is 0 Å². The molecule has 0 aromatic rings. The van der Waals surface area contributed by atoms with Crippen LogP contribution in [0, 0.1) is 5.92 Å². The van der Waals surface area contributed by atoms with Gasteiger partial charge in [0, 0.05) is 6.42 Å². The number of rotatable bonds is 5. The van der Waals surface area contributed by atoms with Crippen molar-refractivity contribution in [3.63, 3.8) is 0 Å². The van der Waals surface area contributed by atoms with Crippen LogP contribution in [0.2, 0.25) is 0 Å². The molecule has 0 saturated carbocycles. The second-order valence-corrected chi connectivity index (χ2v) is 4.68. The van der Waals surface area contributed by atoms with E-state index in [1.807, 2.05) is 13.8 Å². The molecule has 0 radical (unpaired) electrons. The summed E-state index contributed by atoms with van der Waals surface area (Å²) in [7, 11) is 0. The number of amides is 2. The van der Waals surface area contributed by atoms with Crippen molar-refractivity contribution in [1.82, 2.24) is 10.6 Å². The highest BCUT2D eigenvalue weighted by Crippen LogP contribution is 2.10. The summed E-state index contributed by atoms with van der Waals surface area (Å²) in [6, 6.07) is -1.22. The van der Waals surface area contributed by atoms with E-state index in [0.717, 1.165) is 0 Å². The summed E-state index contributed by atoms with van der Waals surface area (Å²) in [5, 5.41) is 13.7. The van der Waals surface area contributed by atoms with E-state index in [0.29, 0.717) is 12.3 Å². The number of carbonyl (C=O) groups excluding carboxylic acids is 2. The Morgan fingerprint density at radius 1 is 1.24 bits per heavy atom. The molecule has 96 valence electrons. The van der Waals surface area contributed by atoms with E-state index in [1.165, 1.54) is 0 Å². The first kappa shape index (κ1) is 13.5. The SMILES string of the molecule is CC(C)CC1NC(=O)C(CCC(=O)O)NC1=O. The molecule has 6 nitrogen and oxygen atoms in total. The number of carboxylic acids is 1.